The highest BCUT2D eigenvalue weighted by atomic mass is 35.5. The average molecular weight is 380 g/mol. The molecule has 0 bridgehead atoms. The molecule has 3 aromatic rings. The first kappa shape index (κ1) is 16.8. The summed E-state index contributed by atoms with van der Waals surface area (Å²) in [6, 6.07) is 14.7. The third-order valence-corrected chi connectivity index (χ3v) is 4.20. The van der Waals surface area contributed by atoms with Crippen LogP contribution >= 0.6 is 34.8 Å². The van der Waals surface area contributed by atoms with Crippen molar-refractivity contribution in [2.24, 2.45) is 0 Å². The molecule has 7 heteroatoms. The molecule has 1 aromatic heterocycles. The van der Waals surface area contributed by atoms with Gasteiger partial charge in [-0.25, -0.2) is 4.98 Å². The zero-order chi connectivity index (χ0) is 16.9. The summed E-state index contributed by atoms with van der Waals surface area (Å²) < 4.78 is 0. The van der Waals surface area contributed by atoms with E-state index in [1.165, 1.54) is 0 Å². The summed E-state index contributed by atoms with van der Waals surface area (Å²) in [4.78, 5) is 8.63. The summed E-state index contributed by atoms with van der Waals surface area (Å²) in [6.07, 6.45) is 1.68. The molecule has 0 amide bonds. The topological polar surface area (TPSA) is 49.8 Å². The average Bonchev–Trinajstić information content (AvgIpc) is 2.58. The van der Waals surface area contributed by atoms with E-state index in [9.17, 15) is 0 Å². The van der Waals surface area contributed by atoms with Crippen LogP contribution in [0.4, 0.5) is 17.5 Å². The smallest absolute Gasteiger partial charge is 0.224 e. The van der Waals surface area contributed by atoms with Gasteiger partial charge in [0, 0.05) is 23.5 Å². The van der Waals surface area contributed by atoms with Gasteiger partial charge < -0.3 is 10.6 Å². The van der Waals surface area contributed by atoms with Crippen LogP contribution < -0.4 is 10.6 Å². The van der Waals surface area contributed by atoms with Crippen molar-refractivity contribution in [1.29, 1.82) is 0 Å². The van der Waals surface area contributed by atoms with Crippen LogP contribution in [0.1, 0.15) is 5.56 Å². The van der Waals surface area contributed by atoms with Gasteiger partial charge in [-0.3, -0.25) is 0 Å². The monoisotopic (exact) mass is 378 g/mol. The fourth-order valence-electron chi connectivity index (χ4n) is 2.02. The van der Waals surface area contributed by atoms with E-state index in [0.29, 0.717) is 33.4 Å². The Morgan fingerprint density at radius 1 is 0.875 bits per heavy atom. The fourth-order valence-corrected chi connectivity index (χ4v) is 2.44. The highest BCUT2D eigenvalue weighted by Crippen LogP contribution is 2.26. The Balaban J connectivity index is 1.67. The lowest BCUT2D eigenvalue weighted by Gasteiger charge is -2.09. The highest BCUT2D eigenvalue weighted by molar-refractivity contribution is 6.42. The van der Waals surface area contributed by atoms with Crippen LogP contribution in [0.3, 0.4) is 0 Å². The van der Waals surface area contributed by atoms with E-state index in [1.54, 1.807) is 24.4 Å². The molecular weight excluding hydrogens is 367 g/mol. The molecule has 0 saturated heterocycles. The van der Waals surface area contributed by atoms with Gasteiger partial charge in [-0.05, 0) is 42.0 Å². The van der Waals surface area contributed by atoms with E-state index < -0.39 is 0 Å². The van der Waals surface area contributed by atoms with Crippen molar-refractivity contribution in [1.82, 2.24) is 9.97 Å². The van der Waals surface area contributed by atoms with E-state index >= 15 is 0 Å². The number of hydrogen-bond donors (Lipinski definition) is 2. The number of benzene rings is 2. The minimum absolute atomic E-state index is 0.483. The summed E-state index contributed by atoms with van der Waals surface area (Å²) >= 11 is 17.8. The number of aromatic nitrogens is 2. The van der Waals surface area contributed by atoms with Crippen LogP contribution in [0.5, 0.6) is 0 Å². The van der Waals surface area contributed by atoms with Gasteiger partial charge in [0.25, 0.3) is 0 Å². The first-order valence-corrected chi connectivity index (χ1v) is 8.27. The van der Waals surface area contributed by atoms with Crippen molar-refractivity contribution in [3.05, 3.63) is 75.4 Å². The number of nitrogens with one attached hydrogen (secondary N) is 2. The van der Waals surface area contributed by atoms with Crippen molar-refractivity contribution in [3.8, 4) is 0 Å². The maximum Gasteiger partial charge on any atom is 0.224 e. The van der Waals surface area contributed by atoms with Crippen LogP contribution in [0.25, 0.3) is 0 Å². The maximum absolute atomic E-state index is 6.01. The third kappa shape index (κ3) is 4.51. The number of halogens is 3. The molecule has 0 fully saturated rings. The van der Waals surface area contributed by atoms with E-state index in [0.717, 1.165) is 11.3 Å². The van der Waals surface area contributed by atoms with Crippen molar-refractivity contribution in [2.45, 2.75) is 6.54 Å². The number of rotatable bonds is 5. The minimum atomic E-state index is 0.483. The van der Waals surface area contributed by atoms with Gasteiger partial charge in [0.05, 0.1) is 10.0 Å². The maximum atomic E-state index is 6.01. The van der Waals surface area contributed by atoms with Crippen LogP contribution in [0.15, 0.2) is 54.7 Å². The standard InChI is InChI=1S/C17H13Cl3N4/c18-12-3-1-11(2-4-12)10-22-17-21-8-7-16(24-17)23-13-5-6-14(19)15(20)9-13/h1-9H,10H2,(H2,21,22,23,24). The third-order valence-electron chi connectivity index (χ3n) is 3.21. The molecule has 0 aliphatic rings. The van der Waals surface area contributed by atoms with Crippen molar-refractivity contribution >= 4 is 52.3 Å². The molecule has 1 heterocycles. The normalized spacial score (nSPS) is 10.5. The van der Waals surface area contributed by atoms with Gasteiger partial charge in [-0.15, -0.1) is 0 Å². The molecule has 4 nitrogen and oxygen atoms in total. The largest absolute Gasteiger partial charge is 0.350 e. The molecule has 2 N–H and O–H groups in total. The van der Waals surface area contributed by atoms with Gasteiger partial charge in [-0.1, -0.05) is 46.9 Å². The molecule has 0 aliphatic carbocycles. The summed E-state index contributed by atoms with van der Waals surface area (Å²) in [7, 11) is 0. The first-order chi connectivity index (χ1) is 11.6. The minimum Gasteiger partial charge on any atom is -0.350 e. The van der Waals surface area contributed by atoms with Crippen molar-refractivity contribution in [2.75, 3.05) is 10.6 Å². The van der Waals surface area contributed by atoms with E-state index in [1.807, 2.05) is 30.3 Å². The summed E-state index contributed by atoms with van der Waals surface area (Å²) in [5.41, 5.74) is 1.89. The van der Waals surface area contributed by atoms with Gasteiger partial charge in [0.2, 0.25) is 5.95 Å². The summed E-state index contributed by atoms with van der Waals surface area (Å²) in [5.74, 6) is 1.18. The molecule has 2 aromatic carbocycles. The SMILES string of the molecule is Clc1ccc(CNc2nccc(Nc3ccc(Cl)c(Cl)c3)n2)cc1. The van der Waals surface area contributed by atoms with Gasteiger partial charge in [0.1, 0.15) is 5.82 Å². The second-order valence-electron chi connectivity index (χ2n) is 5.00. The zero-order valence-corrected chi connectivity index (χ0v) is 14.7. The molecule has 3 rings (SSSR count). The van der Waals surface area contributed by atoms with Crippen LogP contribution in [-0.2, 0) is 6.54 Å². The second-order valence-corrected chi connectivity index (χ2v) is 6.25. The number of anilines is 3. The molecule has 0 unspecified atom stereocenters. The quantitative estimate of drug-likeness (QED) is 0.589. The van der Waals surface area contributed by atoms with Gasteiger partial charge >= 0.3 is 0 Å². The zero-order valence-electron chi connectivity index (χ0n) is 12.4. The van der Waals surface area contributed by atoms with Gasteiger partial charge in [-0.2, -0.15) is 4.98 Å². The molecule has 24 heavy (non-hydrogen) atoms. The summed E-state index contributed by atoms with van der Waals surface area (Å²) in [5, 5.41) is 8.04. The Kier molecular flexibility index (Phi) is 5.41. The number of nitrogens with zero attached hydrogens (tertiary/aromatic N) is 2. The predicted octanol–water partition coefficient (Wildman–Crippen LogP) is 5.79. The van der Waals surface area contributed by atoms with Crippen molar-refractivity contribution < 1.29 is 0 Å². The lowest BCUT2D eigenvalue weighted by Crippen LogP contribution is -2.04. The van der Waals surface area contributed by atoms with Crippen molar-refractivity contribution in [3.63, 3.8) is 0 Å². The highest BCUT2D eigenvalue weighted by Gasteiger charge is 2.03. The van der Waals surface area contributed by atoms with Gasteiger partial charge in [0.15, 0.2) is 0 Å². The molecule has 0 saturated carbocycles. The molecule has 0 radical (unpaired) electrons. The van der Waals surface area contributed by atoms with Crippen LogP contribution in [0, 0.1) is 0 Å². The van der Waals surface area contributed by atoms with E-state index in [2.05, 4.69) is 20.6 Å². The lowest BCUT2D eigenvalue weighted by atomic mass is 10.2. The Bertz CT molecular complexity index is 837. The van der Waals surface area contributed by atoms with Crippen LogP contribution in [-0.4, -0.2) is 9.97 Å². The fraction of sp³-hybridized carbons (Fsp3) is 0.0588. The molecule has 122 valence electrons. The molecule has 0 atom stereocenters. The second kappa shape index (κ2) is 7.71. The van der Waals surface area contributed by atoms with E-state index in [4.69, 9.17) is 34.8 Å². The Hall–Kier alpha value is -2.01. The Morgan fingerprint density at radius 3 is 2.42 bits per heavy atom. The Morgan fingerprint density at radius 2 is 1.67 bits per heavy atom. The predicted molar refractivity (Wildman–Crippen MR) is 101 cm³/mol. The number of hydrogen-bond acceptors (Lipinski definition) is 4. The summed E-state index contributed by atoms with van der Waals surface area (Å²) in [6.45, 7) is 0.605. The molecule has 0 spiro atoms. The van der Waals surface area contributed by atoms with E-state index in [-0.39, 0.29) is 0 Å². The molecular formula is C17H13Cl3N4. The first-order valence-electron chi connectivity index (χ1n) is 7.13. The van der Waals surface area contributed by atoms with Crippen LogP contribution in [0.2, 0.25) is 15.1 Å². The lowest BCUT2D eigenvalue weighted by molar-refractivity contribution is 1.06. The Labute approximate surface area is 154 Å². The molecule has 0 aliphatic heterocycles.